The molecule has 0 spiro atoms. The van der Waals surface area contributed by atoms with Crippen LogP contribution < -0.4 is 11.2 Å². The van der Waals surface area contributed by atoms with Crippen LogP contribution in [0.15, 0.2) is 0 Å². The number of hydrogen-bond donors (Lipinski definition) is 3. The Bertz CT molecular complexity index is 188. The zero-order valence-electron chi connectivity index (χ0n) is 8.82. The summed E-state index contributed by atoms with van der Waals surface area (Å²) in [4.78, 5) is 10.3. The maximum absolute atomic E-state index is 10.3. The molecule has 2 heterocycles. The van der Waals surface area contributed by atoms with Gasteiger partial charge in [-0.15, -0.1) is 0 Å². The van der Waals surface area contributed by atoms with E-state index in [0.717, 1.165) is 0 Å². The SMILES string of the molecule is C1CSCCN1.NN1CC[C@@H](C(=O)O)C1. The number of hydrazine groups is 1. The molecule has 0 aromatic heterocycles. The van der Waals surface area contributed by atoms with Gasteiger partial charge in [0.1, 0.15) is 0 Å². The number of nitrogens with two attached hydrogens (primary N) is 1. The summed E-state index contributed by atoms with van der Waals surface area (Å²) in [6, 6.07) is 0. The molecule has 0 aliphatic carbocycles. The van der Waals surface area contributed by atoms with Crippen LogP contribution in [0.2, 0.25) is 0 Å². The fourth-order valence-corrected chi connectivity index (χ4v) is 2.29. The van der Waals surface area contributed by atoms with Crippen LogP contribution in [0.4, 0.5) is 0 Å². The Morgan fingerprint density at radius 2 is 2.13 bits per heavy atom. The summed E-state index contributed by atoms with van der Waals surface area (Å²) in [5.41, 5.74) is 0. The van der Waals surface area contributed by atoms with E-state index in [9.17, 15) is 4.79 Å². The second-order valence-corrected chi connectivity index (χ2v) is 4.91. The smallest absolute Gasteiger partial charge is 0.307 e. The molecule has 2 rings (SSSR count). The molecule has 0 unspecified atom stereocenters. The monoisotopic (exact) mass is 233 g/mol. The molecule has 0 aromatic carbocycles. The van der Waals surface area contributed by atoms with E-state index in [1.54, 1.807) is 5.01 Å². The summed E-state index contributed by atoms with van der Waals surface area (Å²) < 4.78 is 0. The van der Waals surface area contributed by atoms with Crippen LogP contribution in [-0.4, -0.2) is 53.8 Å². The molecule has 0 amide bonds. The van der Waals surface area contributed by atoms with Gasteiger partial charge in [0.15, 0.2) is 0 Å². The number of carbonyl (C=O) groups is 1. The first-order valence-corrected chi connectivity index (χ1v) is 6.36. The zero-order valence-corrected chi connectivity index (χ0v) is 9.63. The Morgan fingerprint density at radius 1 is 1.47 bits per heavy atom. The molecule has 2 aliphatic heterocycles. The third kappa shape index (κ3) is 5.36. The molecule has 0 radical (unpaired) electrons. The van der Waals surface area contributed by atoms with E-state index in [-0.39, 0.29) is 5.92 Å². The standard InChI is InChI=1S/C5H10N2O2.C4H9NS/c6-7-2-1-4(3-7)5(8)9;1-3-6-4-2-5-1/h4H,1-3,6H2,(H,8,9);5H,1-4H2/t4-;/m1./s1. The largest absolute Gasteiger partial charge is 0.481 e. The van der Waals surface area contributed by atoms with Gasteiger partial charge in [0.05, 0.1) is 5.92 Å². The van der Waals surface area contributed by atoms with E-state index < -0.39 is 5.97 Å². The molecule has 5 nitrogen and oxygen atoms in total. The highest BCUT2D eigenvalue weighted by atomic mass is 32.2. The summed E-state index contributed by atoms with van der Waals surface area (Å²) in [6.45, 7) is 3.63. The Labute approximate surface area is 94.4 Å². The molecule has 0 aromatic rings. The van der Waals surface area contributed by atoms with E-state index in [1.807, 2.05) is 11.8 Å². The van der Waals surface area contributed by atoms with Gasteiger partial charge in [-0.05, 0) is 6.42 Å². The van der Waals surface area contributed by atoms with Crippen molar-refractivity contribution in [3.8, 4) is 0 Å². The second kappa shape index (κ2) is 7.05. The van der Waals surface area contributed by atoms with Gasteiger partial charge in [-0.2, -0.15) is 11.8 Å². The molecule has 1 atom stereocenters. The lowest BCUT2D eigenvalue weighted by Crippen LogP contribution is -2.29. The fourth-order valence-electron chi connectivity index (χ4n) is 1.50. The number of hydrogen-bond acceptors (Lipinski definition) is 5. The summed E-state index contributed by atoms with van der Waals surface area (Å²) in [6.07, 6.45) is 0.686. The predicted molar refractivity (Wildman–Crippen MR) is 61.7 cm³/mol. The Hall–Kier alpha value is -0.300. The van der Waals surface area contributed by atoms with E-state index >= 15 is 0 Å². The quantitative estimate of drug-likeness (QED) is 0.534. The van der Waals surface area contributed by atoms with E-state index in [1.165, 1.54) is 24.6 Å². The molecule has 0 saturated carbocycles. The van der Waals surface area contributed by atoms with Crippen molar-refractivity contribution in [3.63, 3.8) is 0 Å². The lowest BCUT2D eigenvalue weighted by molar-refractivity contribution is -0.141. The maximum atomic E-state index is 10.3. The van der Waals surface area contributed by atoms with Crippen LogP contribution in [0.1, 0.15) is 6.42 Å². The second-order valence-electron chi connectivity index (χ2n) is 3.68. The number of carboxylic acids is 1. The highest BCUT2D eigenvalue weighted by Crippen LogP contribution is 2.11. The number of nitrogens with one attached hydrogen (secondary N) is 1. The van der Waals surface area contributed by atoms with E-state index in [4.69, 9.17) is 10.9 Å². The van der Waals surface area contributed by atoms with Gasteiger partial charge in [0, 0.05) is 37.7 Å². The molecule has 4 N–H and O–H groups in total. The summed E-state index contributed by atoms with van der Waals surface area (Å²) in [7, 11) is 0. The molecule has 2 saturated heterocycles. The first-order valence-electron chi connectivity index (χ1n) is 5.21. The number of thioether (sulfide) groups is 1. The summed E-state index contributed by atoms with van der Waals surface area (Å²) in [5, 5.41) is 13.3. The van der Waals surface area contributed by atoms with Crippen LogP contribution in [0.25, 0.3) is 0 Å². The molecular formula is C9H19N3O2S. The Kier molecular flexibility index (Phi) is 6.00. The fraction of sp³-hybridized carbons (Fsp3) is 0.889. The van der Waals surface area contributed by atoms with E-state index in [2.05, 4.69) is 5.32 Å². The molecule has 2 aliphatic rings. The normalized spacial score (nSPS) is 26.9. The summed E-state index contributed by atoms with van der Waals surface area (Å²) in [5.74, 6) is 6.97. The van der Waals surface area contributed by atoms with Crippen molar-refractivity contribution >= 4 is 17.7 Å². The highest BCUT2D eigenvalue weighted by Gasteiger charge is 2.25. The van der Waals surface area contributed by atoms with Gasteiger partial charge in [-0.3, -0.25) is 10.6 Å². The van der Waals surface area contributed by atoms with Gasteiger partial charge in [-0.25, -0.2) is 5.01 Å². The van der Waals surface area contributed by atoms with Crippen LogP contribution in [0.3, 0.4) is 0 Å². The van der Waals surface area contributed by atoms with Gasteiger partial charge < -0.3 is 10.4 Å². The van der Waals surface area contributed by atoms with Crippen molar-refractivity contribution in [3.05, 3.63) is 0 Å². The van der Waals surface area contributed by atoms with Crippen molar-refractivity contribution in [2.75, 3.05) is 37.7 Å². The van der Waals surface area contributed by atoms with Crippen LogP contribution >= 0.6 is 11.8 Å². The minimum absolute atomic E-state index is 0.241. The average Bonchev–Trinajstić information content (AvgIpc) is 2.69. The predicted octanol–water partition coefficient (Wildman–Crippen LogP) is -0.411. The number of nitrogens with zero attached hydrogens (tertiary/aromatic N) is 1. The number of carboxylic acid groups (broad SMARTS) is 1. The first-order chi connectivity index (χ1) is 7.20. The third-order valence-electron chi connectivity index (χ3n) is 2.42. The van der Waals surface area contributed by atoms with Gasteiger partial charge in [0.25, 0.3) is 0 Å². The zero-order chi connectivity index (χ0) is 11.1. The molecule has 88 valence electrons. The topological polar surface area (TPSA) is 78.6 Å². The van der Waals surface area contributed by atoms with Crippen LogP contribution in [-0.2, 0) is 4.79 Å². The Morgan fingerprint density at radius 3 is 2.33 bits per heavy atom. The number of aliphatic carboxylic acids is 1. The van der Waals surface area contributed by atoms with Crippen molar-refractivity contribution in [1.82, 2.24) is 10.3 Å². The minimum Gasteiger partial charge on any atom is -0.481 e. The van der Waals surface area contributed by atoms with E-state index in [0.29, 0.717) is 19.5 Å². The first kappa shape index (κ1) is 12.8. The Balaban J connectivity index is 0.000000162. The van der Waals surface area contributed by atoms with Crippen molar-refractivity contribution in [1.29, 1.82) is 0 Å². The van der Waals surface area contributed by atoms with Crippen molar-refractivity contribution < 1.29 is 9.90 Å². The lowest BCUT2D eigenvalue weighted by Gasteiger charge is -2.08. The molecule has 2 fully saturated rings. The molecule has 15 heavy (non-hydrogen) atoms. The van der Waals surface area contributed by atoms with Crippen molar-refractivity contribution in [2.45, 2.75) is 6.42 Å². The minimum atomic E-state index is -0.733. The third-order valence-corrected chi connectivity index (χ3v) is 3.40. The molecular weight excluding hydrogens is 214 g/mol. The average molecular weight is 233 g/mol. The van der Waals surface area contributed by atoms with Crippen LogP contribution in [0.5, 0.6) is 0 Å². The maximum Gasteiger partial charge on any atom is 0.307 e. The number of rotatable bonds is 1. The molecule has 0 bridgehead atoms. The lowest BCUT2D eigenvalue weighted by atomic mass is 10.1. The van der Waals surface area contributed by atoms with Gasteiger partial charge in [0.2, 0.25) is 0 Å². The molecule has 6 heteroatoms. The van der Waals surface area contributed by atoms with Gasteiger partial charge in [-0.1, -0.05) is 0 Å². The van der Waals surface area contributed by atoms with Gasteiger partial charge >= 0.3 is 5.97 Å². The highest BCUT2D eigenvalue weighted by molar-refractivity contribution is 7.99. The van der Waals surface area contributed by atoms with Crippen LogP contribution in [0, 0.1) is 5.92 Å². The van der Waals surface area contributed by atoms with Crippen molar-refractivity contribution in [2.24, 2.45) is 11.8 Å². The summed E-state index contributed by atoms with van der Waals surface area (Å²) >= 11 is 2.03.